The summed E-state index contributed by atoms with van der Waals surface area (Å²) in [5.74, 6) is -0.719. The third-order valence-corrected chi connectivity index (χ3v) is 7.17. The molecule has 2 amide bonds. The molecule has 1 heterocycles. The first-order chi connectivity index (χ1) is 17.9. The Balaban J connectivity index is 1.38. The van der Waals surface area contributed by atoms with Crippen LogP contribution in [-0.4, -0.2) is 40.7 Å². The number of carbonyl (C=O) groups is 3. The van der Waals surface area contributed by atoms with Crippen molar-refractivity contribution in [2.24, 2.45) is 28.8 Å². The smallest absolute Gasteiger partial charge is 0.335 e. The molecular formula is C29H28N2O6. The van der Waals surface area contributed by atoms with Crippen molar-refractivity contribution in [2.75, 3.05) is 6.61 Å². The van der Waals surface area contributed by atoms with Gasteiger partial charge in [-0.15, -0.1) is 6.58 Å². The van der Waals surface area contributed by atoms with Crippen molar-refractivity contribution in [1.82, 2.24) is 5.01 Å². The fourth-order valence-electron chi connectivity index (χ4n) is 5.52. The molecule has 0 radical (unpaired) electrons. The van der Waals surface area contributed by atoms with Gasteiger partial charge in [0.25, 0.3) is 11.8 Å². The van der Waals surface area contributed by atoms with E-state index in [0.717, 1.165) is 22.6 Å². The summed E-state index contributed by atoms with van der Waals surface area (Å²) in [6, 6.07) is 10.1. The summed E-state index contributed by atoms with van der Waals surface area (Å²) in [6.45, 7) is 6.32. The monoisotopic (exact) mass is 500 g/mol. The molecule has 2 bridgehead atoms. The topological polar surface area (TPSA) is 106 Å². The van der Waals surface area contributed by atoms with E-state index in [9.17, 15) is 14.4 Å². The van der Waals surface area contributed by atoms with Gasteiger partial charge in [0.15, 0.2) is 11.5 Å². The van der Waals surface area contributed by atoms with Gasteiger partial charge in [0, 0.05) is 5.56 Å². The summed E-state index contributed by atoms with van der Waals surface area (Å²) in [6.07, 6.45) is 8.74. The lowest BCUT2D eigenvalue weighted by atomic mass is 9.85. The molecule has 5 rings (SSSR count). The van der Waals surface area contributed by atoms with Crippen LogP contribution in [-0.2, 0) is 22.6 Å². The van der Waals surface area contributed by atoms with E-state index < -0.39 is 5.97 Å². The molecule has 1 aliphatic heterocycles. The number of hydrazone groups is 1. The molecule has 190 valence electrons. The Labute approximate surface area is 214 Å². The fourth-order valence-corrected chi connectivity index (χ4v) is 5.52. The second-order valence-corrected chi connectivity index (χ2v) is 9.46. The van der Waals surface area contributed by atoms with E-state index in [4.69, 9.17) is 14.6 Å². The lowest BCUT2D eigenvalue weighted by Crippen LogP contribution is -2.28. The van der Waals surface area contributed by atoms with Crippen LogP contribution in [0, 0.1) is 23.7 Å². The third-order valence-electron chi connectivity index (χ3n) is 7.17. The van der Waals surface area contributed by atoms with Gasteiger partial charge in [0.05, 0.1) is 30.2 Å². The number of rotatable bonds is 10. The van der Waals surface area contributed by atoms with Crippen LogP contribution in [0.4, 0.5) is 0 Å². The standard InChI is InChI=1S/C29H28N2O6/c1-3-5-22-12-18(15-30-31-27(32)24-20-10-11-21(14-20)25(24)28(31)33)13-23(36-4-2)26(22)37-16-17-6-8-19(9-7-17)29(34)35/h3,6-13,15,20-21,24-25H,1,4-5,14,16H2,2H3,(H,34,35)/t20-,21-,24-,25+/m0/s1. The second kappa shape index (κ2) is 10.0. The van der Waals surface area contributed by atoms with Crippen molar-refractivity contribution in [3.8, 4) is 11.5 Å². The van der Waals surface area contributed by atoms with Crippen molar-refractivity contribution in [3.05, 3.63) is 83.5 Å². The molecule has 37 heavy (non-hydrogen) atoms. The Morgan fingerprint density at radius 3 is 2.38 bits per heavy atom. The minimum atomic E-state index is -0.985. The molecule has 1 N–H and O–H groups in total. The predicted molar refractivity (Wildman–Crippen MR) is 136 cm³/mol. The molecule has 8 nitrogen and oxygen atoms in total. The zero-order valence-corrected chi connectivity index (χ0v) is 20.5. The number of carbonyl (C=O) groups excluding carboxylic acids is 2. The minimum Gasteiger partial charge on any atom is -0.490 e. The first kappa shape index (κ1) is 24.5. The van der Waals surface area contributed by atoms with Gasteiger partial charge in [-0.1, -0.05) is 30.4 Å². The molecule has 1 saturated heterocycles. The highest BCUT2D eigenvalue weighted by Crippen LogP contribution is 2.52. The van der Waals surface area contributed by atoms with Gasteiger partial charge in [-0.25, -0.2) is 4.79 Å². The third kappa shape index (κ3) is 4.55. The number of allylic oxidation sites excluding steroid dienone is 3. The van der Waals surface area contributed by atoms with Gasteiger partial charge < -0.3 is 14.6 Å². The summed E-state index contributed by atoms with van der Waals surface area (Å²) < 4.78 is 12.0. The quantitative estimate of drug-likeness (QED) is 0.297. The van der Waals surface area contributed by atoms with Crippen LogP contribution in [0.25, 0.3) is 0 Å². The molecule has 0 unspecified atom stereocenters. The summed E-state index contributed by atoms with van der Waals surface area (Å²) >= 11 is 0. The number of nitrogens with zero attached hydrogens (tertiary/aromatic N) is 2. The van der Waals surface area contributed by atoms with Crippen molar-refractivity contribution in [2.45, 2.75) is 26.4 Å². The zero-order valence-electron chi connectivity index (χ0n) is 20.5. The van der Waals surface area contributed by atoms with Crippen molar-refractivity contribution in [1.29, 1.82) is 0 Å². The minimum absolute atomic E-state index is 0.132. The Kier molecular flexibility index (Phi) is 6.65. The van der Waals surface area contributed by atoms with Gasteiger partial charge >= 0.3 is 5.97 Å². The van der Waals surface area contributed by atoms with Crippen molar-refractivity contribution < 1.29 is 29.0 Å². The number of benzene rings is 2. The van der Waals surface area contributed by atoms with Crippen LogP contribution >= 0.6 is 0 Å². The van der Waals surface area contributed by atoms with Gasteiger partial charge in [0.2, 0.25) is 0 Å². The van der Waals surface area contributed by atoms with E-state index in [0.29, 0.717) is 30.1 Å². The molecule has 2 aromatic rings. The maximum absolute atomic E-state index is 12.9. The van der Waals surface area contributed by atoms with Gasteiger partial charge in [0.1, 0.15) is 6.61 Å². The fraction of sp³-hybridized carbons (Fsp3) is 0.310. The lowest BCUT2D eigenvalue weighted by Gasteiger charge is -2.17. The first-order valence-corrected chi connectivity index (χ1v) is 12.4. The predicted octanol–water partition coefficient (Wildman–Crippen LogP) is 4.23. The molecule has 4 atom stereocenters. The van der Waals surface area contributed by atoms with Crippen LogP contribution in [0.15, 0.2) is 66.3 Å². The van der Waals surface area contributed by atoms with Crippen molar-refractivity contribution >= 4 is 24.0 Å². The average molecular weight is 501 g/mol. The molecule has 3 aliphatic rings. The normalized spacial score (nSPS) is 23.6. The largest absolute Gasteiger partial charge is 0.490 e. The molecule has 0 spiro atoms. The van der Waals surface area contributed by atoms with Crippen LogP contribution in [0.2, 0.25) is 0 Å². The van der Waals surface area contributed by atoms with Gasteiger partial charge in [-0.2, -0.15) is 10.1 Å². The Bertz CT molecular complexity index is 1280. The van der Waals surface area contributed by atoms with Gasteiger partial charge in [-0.3, -0.25) is 9.59 Å². The molecule has 2 aliphatic carbocycles. The number of carboxylic acid groups (broad SMARTS) is 1. The number of carboxylic acids is 1. The van der Waals surface area contributed by atoms with E-state index in [1.807, 2.05) is 13.0 Å². The first-order valence-electron chi connectivity index (χ1n) is 12.4. The highest BCUT2D eigenvalue weighted by Gasteiger charge is 2.59. The van der Waals surface area contributed by atoms with Crippen LogP contribution in [0.3, 0.4) is 0 Å². The summed E-state index contributed by atoms with van der Waals surface area (Å²) in [5, 5.41) is 14.4. The summed E-state index contributed by atoms with van der Waals surface area (Å²) in [5.41, 5.74) is 2.49. The highest BCUT2D eigenvalue weighted by atomic mass is 16.5. The lowest BCUT2D eigenvalue weighted by molar-refractivity contribution is -0.140. The highest BCUT2D eigenvalue weighted by molar-refractivity contribution is 6.06. The Morgan fingerprint density at radius 2 is 1.78 bits per heavy atom. The summed E-state index contributed by atoms with van der Waals surface area (Å²) in [4.78, 5) is 37.0. The van der Waals surface area contributed by atoms with E-state index >= 15 is 0 Å². The van der Waals surface area contributed by atoms with E-state index in [1.54, 1.807) is 24.3 Å². The average Bonchev–Trinajstić information content (AvgIpc) is 3.57. The molecule has 2 fully saturated rings. The van der Waals surface area contributed by atoms with Gasteiger partial charge in [-0.05, 0) is 67.0 Å². The number of imide groups is 1. The number of fused-ring (bicyclic) bond motifs is 5. The SMILES string of the molecule is C=CCc1cc(C=NN2C(=O)[C@@H]3[C@H](C2=O)[C@H]2C=C[C@H]3C2)cc(OCC)c1OCc1ccc(C(=O)O)cc1. The van der Waals surface area contributed by atoms with Crippen LogP contribution < -0.4 is 9.47 Å². The number of aromatic carboxylic acids is 1. The molecule has 2 aromatic carbocycles. The van der Waals surface area contributed by atoms with Crippen LogP contribution in [0.5, 0.6) is 11.5 Å². The van der Waals surface area contributed by atoms with Crippen LogP contribution in [0.1, 0.15) is 40.4 Å². The van der Waals surface area contributed by atoms with E-state index in [-0.39, 0.29) is 47.7 Å². The molecular weight excluding hydrogens is 472 g/mol. The number of amides is 2. The zero-order chi connectivity index (χ0) is 26.1. The second-order valence-electron chi connectivity index (χ2n) is 9.46. The Morgan fingerprint density at radius 1 is 1.11 bits per heavy atom. The van der Waals surface area contributed by atoms with Crippen molar-refractivity contribution in [3.63, 3.8) is 0 Å². The Hall–Kier alpha value is -4.20. The molecule has 0 aromatic heterocycles. The molecule has 8 heteroatoms. The summed E-state index contributed by atoms with van der Waals surface area (Å²) in [7, 11) is 0. The molecule has 1 saturated carbocycles. The van der Waals surface area contributed by atoms with E-state index in [1.165, 1.54) is 18.3 Å². The maximum Gasteiger partial charge on any atom is 0.335 e. The maximum atomic E-state index is 12.9. The van der Waals surface area contributed by atoms with E-state index in [2.05, 4.69) is 23.8 Å². The number of ether oxygens (including phenoxy) is 2. The number of hydrogen-bond donors (Lipinski definition) is 1. The number of hydrogen-bond acceptors (Lipinski definition) is 6.